The number of benzene rings is 1. The number of likely N-dealkylation sites (tertiary alicyclic amines) is 1. The third kappa shape index (κ3) is 6.09. The smallest absolute Gasteiger partial charge is 0.338 e. The van der Waals surface area contributed by atoms with Crippen LogP contribution in [0.15, 0.2) is 34.9 Å². The highest BCUT2D eigenvalue weighted by Gasteiger charge is 2.67. The van der Waals surface area contributed by atoms with Gasteiger partial charge in [-0.1, -0.05) is 32.0 Å². The van der Waals surface area contributed by atoms with Crippen LogP contribution in [-0.2, 0) is 24.5 Å². The van der Waals surface area contributed by atoms with Gasteiger partial charge in [-0.15, -0.1) is 11.3 Å². The van der Waals surface area contributed by atoms with Crippen LogP contribution >= 0.6 is 11.3 Å². The van der Waals surface area contributed by atoms with E-state index < -0.39 is 47.8 Å². The minimum absolute atomic E-state index is 0.196. The van der Waals surface area contributed by atoms with Gasteiger partial charge in [0.1, 0.15) is 29.5 Å². The maximum Gasteiger partial charge on any atom is 0.338 e. The molecule has 1 aromatic heterocycles. The number of alkyl halides is 1. The Morgan fingerprint density at radius 1 is 1.21 bits per heavy atom. The van der Waals surface area contributed by atoms with Gasteiger partial charge in [0, 0.05) is 30.7 Å². The van der Waals surface area contributed by atoms with E-state index in [1.807, 2.05) is 20.8 Å². The van der Waals surface area contributed by atoms with Crippen LogP contribution in [-0.4, -0.2) is 72.7 Å². The van der Waals surface area contributed by atoms with Crippen LogP contribution < -0.4 is 4.74 Å². The highest BCUT2D eigenvalue weighted by atomic mass is 32.1. The molecule has 1 amide bonds. The monoisotopic (exact) mass is 563 g/mol. The van der Waals surface area contributed by atoms with E-state index in [2.05, 4.69) is 10.1 Å². The normalized spacial score (nSPS) is 23.7. The predicted molar refractivity (Wildman–Crippen MR) is 147 cm³/mol. The SMILES string of the molecule is COCC1(F)CC(/C=N/OC)(C(=O)OC(C)(C)C)N(C(=O)c2ccc(C(C)(C)C)c(OC)c2)C1c1nccs1. The molecule has 0 spiro atoms. The zero-order valence-corrected chi connectivity index (χ0v) is 24.8. The van der Waals surface area contributed by atoms with Gasteiger partial charge in [0.05, 0.1) is 19.9 Å². The number of ether oxygens (including phenoxy) is 3. The molecule has 3 unspecified atom stereocenters. The van der Waals surface area contributed by atoms with Crippen molar-refractivity contribution >= 4 is 29.4 Å². The van der Waals surface area contributed by atoms with Crippen molar-refractivity contribution in [3.8, 4) is 5.75 Å². The van der Waals surface area contributed by atoms with Gasteiger partial charge in [0.25, 0.3) is 5.91 Å². The molecule has 1 aliphatic heterocycles. The average Bonchev–Trinajstić information content (AvgIpc) is 3.45. The lowest BCUT2D eigenvalue weighted by Crippen LogP contribution is -2.57. The molecule has 0 aliphatic carbocycles. The number of methoxy groups -OCH3 is 2. The summed E-state index contributed by atoms with van der Waals surface area (Å²) in [4.78, 5) is 38.8. The Hall–Kier alpha value is -3.05. The summed E-state index contributed by atoms with van der Waals surface area (Å²) in [6.45, 7) is 10.8. The number of esters is 1. The second-order valence-corrected chi connectivity index (χ2v) is 12.5. The van der Waals surface area contributed by atoms with E-state index in [1.54, 1.807) is 44.4 Å². The van der Waals surface area contributed by atoms with Gasteiger partial charge in [-0.2, -0.15) is 0 Å². The second kappa shape index (κ2) is 11.2. The summed E-state index contributed by atoms with van der Waals surface area (Å²) in [5, 5.41) is 5.84. The van der Waals surface area contributed by atoms with Crippen LogP contribution in [0.2, 0.25) is 0 Å². The first-order valence-corrected chi connectivity index (χ1v) is 13.4. The van der Waals surface area contributed by atoms with E-state index in [0.29, 0.717) is 10.8 Å². The molecule has 2 aromatic rings. The topological polar surface area (TPSA) is 99.6 Å². The van der Waals surface area contributed by atoms with E-state index in [0.717, 1.165) is 11.8 Å². The molecule has 39 heavy (non-hydrogen) atoms. The molecule has 214 valence electrons. The molecule has 0 saturated carbocycles. The summed E-state index contributed by atoms with van der Waals surface area (Å²) in [5.74, 6) is -0.979. The van der Waals surface area contributed by atoms with E-state index >= 15 is 4.39 Å². The molecule has 1 saturated heterocycles. The summed E-state index contributed by atoms with van der Waals surface area (Å²) in [7, 11) is 4.18. The third-order valence-electron chi connectivity index (χ3n) is 6.41. The number of amides is 1. The number of oxime groups is 1. The molecule has 0 radical (unpaired) electrons. The lowest BCUT2D eigenvalue weighted by Gasteiger charge is -2.37. The predicted octanol–water partition coefficient (Wildman–Crippen LogP) is 5.10. The van der Waals surface area contributed by atoms with Crippen LogP contribution in [0.5, 0.6) is 5.75 Å². The summed E-state index contributed by atoms with van der Waals surface area (Å²) >= 11 is 1.17. The quantitative estimate of drug-likeness (QED) is 0.250. The van der Waals surface area contributed by atoms with Gasteiger partial charge < -0.3 is 23.9 Å². The van der Waals surface area contributed by atoms with E-state index in [9.17, 15) is 9.59 Å². The fourth-order valence-electron chi connectivity index (χ4n) is 4.88. The Morgan fingerprint density at radius 2 is 1.90 bits per heavy atom. The number of halogens is 1. The number of rotatable bonds is 8. The first-order chi connectivity index (χ1) is 18.1. The first-order valence-electron chi connectivity index (χ1n) is 12.5. The van der Waals surface area contributed by atoms with Crippen molar-refractivity contribution in [2.75, 3.05) is 27.9 Å². The zero-order valence-electron chi connectivity index (χ0n) is 24.0. The van der Waals surface area contributed by atoms with Gasteiger partial charge in [-0.3, -0.25) is 4.79 Å². The van der Waals surface area contributed by atoms with E-state index in [4.69, 9.17) is 19.0 Å². The Kier molecular flexibility index (Phi) is 8.76. The van der Waals surface area contributed by atoms with Crippen molar-refractivity contribution in [1.29, 1.82) is 0 Å². The fourth-order valence-corrected chi connectivity index (χ4v) is 5.71. The van der Waals surface area contributed by atoms with Gasteiger partial charge in [-0.05, 0) is 43.9 Å². The lowest BCUT2D eigenvalue weighted by atomic mass is 9.85. The average molecular weight is 564 g/mol. The van der Waals surface area contributed by atoms with Crippen molar-refractivity contribution in [1.82, 2.24) is 9.88 Å². The van der Waals surface area contributed by atoms with Crippen LogP contribution in [0.3, 0.4) is 0 Å². The number of aromatic nitrogens is 1. The number of thiazole rings is 1. The maximum absolute atomic E-state index is 17.1. The first kappa shape index (κ1) is 30.5. The van der Waals surface area contributed by atoms with Crippen molar-refractivity contribution in [3.05, 3.63) is 45.9 Å². The Bertz CT molecular complexity index is 1210. The van der Waals surface area contributed by atoms with Gasteiger partial charge in [0.2, 0.25) is 0 Å². The van der Waals surface area contributed by atoms with E-state index in [-0.39, 0.29) is 11.0 Å². The maximum atomic E-state index is 17.1. The molecule has 0 N–H and O–H groups in total. The number of hydrogen-bond donors (Lipinski definition) is 0. The number of hydrogen-bond acceptors (Lipinski definition) is 9. The van der Waals surface area contributed by atoms with E-state index in [1.165, 1.54) is 43.8 Å². The molecular weight excluding hydrogens is 525 g/mol. The minimum Gasteiger partial charge on any atom is -0.496 e. The van der Waals surface area contributed by atoms with Gasteiger partial charge in [0.15, 0.2) is 11.2 Å². The highest BCUT2D eigenvalue weighted by molar-refractivity contribution is 7.09. The molecule has 11 heteroatoms. The van der Waals surface area contributed by atoms with Crippen LogP contribution in [0.1, 0.15) is 74.9 Å². The van der Waals surface area contributed by atoms with Crippen molar-refractivity contribution < 1.29 is 33.0 Å². The number of carbonyl (C=O) groups is 2. The largest absolute Gasteiger partial charge is 0.496 e. The molecule has 3 atom stereocenters. The third-order valence-corrected chi connectivity index (χ3v) is 7.24. The molecule has 1 aliphatic rings. The van der Waals surface area contributed by atoms with Crippen LogP contribution in [0.25, 0.3) is 0 Å². The van der Waals surface area contributed by atoms with Crippen molar-refractivity contribution in [2.45, 2.75) is 76.2 Å². The molecule has 1 aromatic carbocycles. The standard InChI is InChI=1S/C28H38FN3O6S/c1-25(2,3)19-11-10-18(14-20(19)36-8)23(33)32-21(22-30-12-13-39-22)27(29,17-35-7)15-28(32,16-31-37-9)24(34)38-26(4,5)6/h10-14,16,21H,15,17H2,1-9H3/b31-16+. The molecule has 3 rings (SSSR count). The molecule has 0 bridgehead atoms. The fraction of sp³-hybridized carbons (Fsp3) is 0.571. The summed E-state index contributed by atoms with van der Waals surface area (Å²) < 4.78 is 33.7. The van der Waals surface area contributed by atoms with Gasteiger partial charge >= 0.3 is 5.97 Å². The highest BCUT2D eigenvalue weighted by Crippen LogP contribution is 2.53. The molecule has 1 fully saturated rings. The second-order valence-electron chi connectivity index (χ2n) is 11.6. The van der Waals surface area contributed by atoms with Crippen LogP contribution in [0.4, 0.5) is 4.39 Å². The Labute approximate surface area is 233 Å². The van der Waals surface area contributed by atoms with Gasteiger partial charge in [-0.25, -0.2) is 14.2 Å². The number of nitrogens with zero attached hydrogens (tertiary/aromatic N) is 3. The summed E-state index contributed by atoms with van der Waals surface area (Å²) in [6, 6.07) is 3.77. The Morgan fingerprint density at radius 3 is 2.41 bits per heavy atom. The minimum atomic E-state index is -2.21. The molecular formula is C28H38FN3O6S. The van der Waals surface area contributed by atoms with Crippen molar-refractivity contribution in [2.24, 2.45) is 5.16 Å². The van der Waals surface area contributed by atoms with Crippen LogP contribution in [0, 0.1) is 0 Å². The van der Waals surface area contributed by atoms with Crippen molar-refractivity contribution in [3.63, 3.8) is 0 Å². The summed E-state index contributed by atoms with van der Waals surface area (Å²) in [5.41, 5.74) is -4.30. The lowest BCUT2D eigenvalue weighted by molar-refractivity contribution is -0.163. The zero-order chi connectivity index (χ0) is 29.2. The molecule has 9 nitrogen and oxygen atoms in total. The number of carbonyl (C=O) groups excluding carboxylic acids is 2. The molecule has 2 heterocycles. The Balaban J connectivity index is 2.32. The summed E-state index contributed by atoms with van der Waals surface area (Å²) in [6.07, 6.45) is 2.17.